The van der Waals surface area contributed by atoms with Crippen LogP contribution in [0.2, 0.25) is 0 Å². The lowest BCUT2D eigenvalue weighted by molar-refractivity contribution is -0.115. The molecule has 5 heteroatoms. The van der Waals surface area contributed by atoms with E-state index in [1.165, 1.54) is 0 Å². The molecule has 0 spiro atoms. The van der Waals surface area contributed by atoms with Gasteiger partial charge in [-0.05, 0) is 42.8 Å². The topological polar surface area (TPSA) is 77.8 Å². The minimum atomic E-state index is -0.0835. The quantitative estimate of drug-likeness (QED) is 0.729. The fourth-order valence-corrected chi connectivity index (χ4v) is 2.57. The van der Waals surface area contributed by atoms with Gasteiger partial charge in [-0.25, -0.2) is 4.98 Å². The van der Waals surface area contributed by atoms with E-state index in [1.54, 1.807) is 36.5 Å². The van der Waals surface area contributed by atoms with Crippen LogP contribution >= 0.6 is 0 Å². The molecule has 128 valence electrons. The molecule has 0 aliphatic carbocycles. The Morgan fingerprint density at radius 1 is 1.08 bits per heavy atom. The third-order valence-electron chi connectivity index (χ3n) is 3.76. The first-order valence-electron chi connectivity index (χ1n) is 8.21. The van der Waals surface area contributed by atoms with Gasteiger partial charge in [0.15, 0.2) is 0 Å². The van der Waals surface area contributed by atoms with E-state index in [-0.39, 0.29) is 5.91 Å². The van der Waals surface area contributed by atoms with Gasteiger partial charge < -0.3 is 10.6 Å². The Kier molecular flexibility index (Phi) is 5.25. The molecule has 0 radical (unpaired) electrons. The molecule has 1 amide bonds. The van der Waals surface area contributed by atoms with Gasteiger partial charge in [0.2, 0.25) is 5.91 Å². The zero-order chi connectivity index (χ0) is 18.4. The van der Waals surface area contributed by atoms with Crippen molar-refractivity contribution in [2.45, 2.75) is 13.3 Å². The molecule has 0 saturated heterocycles. The molecule has 0 aliphatic heterocycles. The maximum Gasteiger partial charge on any atom is 0.228 e. The second-order valence-corrected chi connectivity index (χ2v) is 5.96. The normalized spacial score (nSPS) is 10.0. The number of nitrogens with one attached hydrogen (secondary N) is 2. The molecule has 1 heterocycles. The van der Waals surface area contributed by atoms with E-state index < -0.39 is 0 Å². The Bertz CT molecular complexity index is 958. The summed E-state index contributed by atoms with van der Waals surface area (Å²) in [6.07, 6.45) is 1.92. The summed E-state index contributed by atoms with van der Waals surface area (Å²) in [5, 5.41) is 14.9. The van der Waals surface area contributed by atoms with Crippen LogP contribution < -0.4 is 10.6 Å². The van der Waals surface area contributed by atoms with Gasteiger partial charge in [0, 0.05) is 5.69 Å². The summed E-state index contributed by atoms with van der Waals surface area (Å²) in [7, 11) is 0. The molecule has 3 rings (SSSR count). The molecule has 0 aliphatic rings. The van der Waals surface area contributed by atoms with Crippen molar-refractivity contribution in [3.63, 3.8) is 0 Å². The third-order valence-corrected chi connectivity index (χ3v) is 3.76. The van der Waals surface area contributed by atoms with E-state index in [9.17, 15) is 4.79 Å². The van der Waals surface area contributed by atoms with Crippen LogP contribution in [0.15, 0.2) is 66.9 Å². The number of hydrogen-bond donors (Lipinski definition) is 2. The van der Waals surface area contributed by atoms with Crippen molar-refractivity contribution in [1.82, 2.24) is 4.98 Å². The maximum atomic E-state index is 12.2. The zero-order valence-electron chi connectivity index (χ0n) is 14.4. The highest BCUT2D eigenvalue weighted by Gasteiger charge is 2.05. The average molecular weight is 342 g/mol. The summed E-state index contributed by atoms with van der Waals surface area (Å²) in [5.74, 6) is 0.552. The van der Waals surface area contributed by atoms with Crippen molar-refractivity contribution >= 4 is 23.1 Å². The lowest BCUT2D eigenvalue weighted by atomic mass is 10.1. The first-order valence-corrected chi connectivity index (χ1v) is 8.21. The smallest absolute Gasteiger partial charge is 0.228 e. The highest BCUT2D eigenvalue weighted by molar-refractivity contribution is 5.92. The summed E-state index contributed by atoms with van der Waals surface area (Å²) < 4.78 is 0. The SMILES string of the molecule is Cc1cccc(CC(=O)Nc2ccc(Nc3cccc(C#N)c3)nc2)c1. The van der Waals surface area contributed by atoms with Crippen molar-refractivity contribution in [2.75, 3.05) is 10.6 Å². The highest BCUT2D eigenvalue weighted by Crippen LogP contribution is 2.17. The number of anilines is 3. The standard InChI is InChI=1S/C21H18N4O/c1-15-4-2-5-16(10-15)12-21(26)25-19-8-9-20(23-14-19)24-18-7-3-6-17(11-18)13-22/h2-11,14H,12H2,1H3,(H,23,24)(H,25,26). The molecule has 0 fully saturated rings. The summed E-state index contributed by atoms with van der Waals surface area (Å²) in [5.41, 5.74) is 4.11. The van der Waals surface area contributed by atoms with Crippen LogP contribution in [-0.2, 0) is 11.2 Å². The van der Waals surface area contributed by atoms with Crippen molar-refractivity contribution < 1.29 is 4.79 Å². The Hall–Kier alpha value is -3.65. The number of nitrogens with zero attached hydrogens (tertiary/aromatic N) is 2. The molecule has 0 unspecified atom stereocenters. The van der Waals surface area contributed by atoms with E-state index in [1.807, 2.05) is 37.3 Å². The number of aryl methyl sites for hydroxylation is 1. The van der Waals surface area contributed by atoms with Crippen LogP contribution in [-0.4, -0.2) is 10.9 Å². The molecule has 1 aromatic heterocycles. The molecular formula is C21H18N4O. The average Bonchev–Trinajstić information content (AvgIpc) is 2.63. The Morgan fingerprint density at radius 2 is 1.92 bits per heavy atom. The van der Waals surface area contributed by atoms with Crippen molar-refractivity contribution in [3.05, 3.63) is 83.6 Å². The Balaban J connectivity index is 1.60. The predicted molar refractivity (Wildman–Crippen MR) is 102 cm³/mol. The molecule has 5 nitrogen and oxygen atoms in total. The molecular weight excluding hydrogens is 324 g/mol. The molecule has 0 bridgehead atoms. The lowest BCUT2D eigenvalue weighted by Crippen LogP contribution is -2.14. The Labute approximate surface area is 152 Å². The van der Waals surface area contributed by atoms with E-state index in [0.29, 0.717) is 23.5 Å². The molecule has 2 aromatic carbocycles. The Morgan fingerprint density at radius 3 is 2.65 bits per heavy atom. The number of rotatable bonds is 5. The summed E-state index contributed by atoms with van der Waals surface area (Å²) in [4.78, 5) is 16.4. The predicted octanol–water partition coefficient (Wildman–Crippen LogP) is 4.19. The molecule has 0 atom stereocenters. The minimum absolute atomic E-state index is 0.0835. The first kappa shape index (κ1) is 17.2. The number of carbonyl (C=O) groups is 1. The highest BCUT2D eigenvalue weighted by atomic mass is 16.1. The van der Waals surface area contributed by atoms with E-state index in [0.717, 1.165) is 16.8 Å². The summed E-state index contributed by atoms with van der Waals surface area (Å²) >= 11 is 0. The van der Waals surface area contributed by atoms with Gasteiger partial charge in [0.25, 0.3) is 0 Å². The summed E-state index contributed by atoms with van der Waals surface area (Å²) in [6.45, 7) is 2.00. The fourth-order valence-electron chi connectivity index (χ4n) is 2.57. The van der Waals surface area contributed by atoms with E-state index in [2.05, 4.69) is 21.7 Å². The lowest BCUT2D eigenvalue weighted by Gasteiger charge is -2.08. The number of hydrogen-bond acceptors (Lipinski definition) is 4. The second-order valence-electron chi connectivity index (χ2n) is 5.96. The van der Waals surface area contributed by atoms with Gasteiger partial charge in [-0.1, -0.05) is 35.9 Å². The fraction of sp³-hybridized carbons (Fsp3) is 0.0952. The van der Waals surface area contributed by atoms with Crippen molar-refractivity contribution in [1.29, 1.82) is 5.26 Å². The number of amides is 1. The van der Waals surface area contributed by atoms with Crippen LogP contribution in [0.25, 0.3) is 0 Å². The maximum absolute atomic E-state index is 12.2. The van der Waals surface area contributed by atoms with E-state index in [4.69, 9.17) is 5.26 Å². The molecule has 3 aromatic rings. The van der Waals surface area contributed by atoms with Gasteiger partial charge in [0.1, 0.15) is 5.82 Å². The monoisotopic (exact) mass is 342 g/mol. The van der Waals surface area contributed by atoms with Crippen LogP contribution in [0.4, 0.5) is 17.2 Å². The van der Waals surface area contributed by atoms with Gasteiger partial charge in [-0.2, -0.15) is 5.26 Å². The van der Waals surface area contributed by atoms with Gasteiger partial charge in [0.05, 0.1) is 29.9 Å². The first-order chi connectivity index (χ1) is 12.6. The molecule has 0 saturated carbocycles. The number of aromatic nitrogens is 1. The van der Waals surface area contributed by atoms with Gasteiger partial charge in [-0.3, -0.25) is 4.79 Å². The van der Waals surface area contributed by atoms with Crippen LogP contribution in [0, 0.1) is 18.3 Å². The number of nitriles is 1. The molecule has 2 N–H and O–H groups in total. The summed E-state index contributed by atoms with van der Waals surface area (Å²) in [6, 6.07) is 20.7. The number of benzene rings is 2. The molecule has 26 heavy (non-hydrogen) atoms. The van der Waals surface area contributed by atoms with E-state index >= 15 is 0 Å². The van der Waals surface area contributed by atoms with Gasteiger partial charge in [-0.15, -0.1) is 0 Å². The number of pyridine rings is 1. The van der Waals surface area contributed by atoms with Crippen LogP contribution in [0.5, 0.6) is 0 Å². The van der Waals surface area contributed by atoms with Gasteiger partial charge >= 0.3 is 0 Å². The number of carbonyl (C=O) groups excluding carboxylic acids is 1. The zero-order valence-corrected chi connectivity index (χ0v) is 14.4. The largest absolute Gasteiger partial charge is 0.340 e. The van der Waals surface area contributed by atoms with Crippen LogP contribution in [0.3, 0.4) is 0 Å². The second kappa shape index (κ2) is 7.95. The third kappa shape index (κ3) is 4.68. The van der Waals surface area contributed by atoms with Crippen molar-refractivity contribution in [2.24, 2.45) is 0 Å². The minimum Gasteiger partial charge on any atom is -0.340 e. The van der Waals surface area contributed by atoms with Crippen LogP contribution in [0.1, 0.15) is 16.7 Å². The van der Waals surface area contributed by atoms with Crippen molar-refractivity contribution in [3.8, 4) is 6.07 Å².